The maximum atomic E-state index is 11.9. The van der Waals surface area contributed by atoms with Crippen LogP contribution in [0.25, 0.3) is 0 Å². The van der Waals surface area contributed by atoms with Crippen LogP contribution >= 0.6 is 15.9 Å². The Labute approximate surface area is 139 Å². The Kier molecular flexibility index (Phi) is 5.55. The Balaban J connectivity index is 1.99. The van der Waals surface area contributed by atoms with Crippen LogP contribution in [0.4, 0.5) is 5.82 Å². The number of amides is 1. The number of carbonyl (C=O) groups is 1. The third-order valence-corrected chi connectivity index (χ3v) is 3.61. The number of aromatic nitrogens is 1. The van der Waals surface area contributed by atoms with Gasteiger partial charge in [0.2, 0.25) is 0 Å². The monoisotopic (exact) mass is 362 g/mol. The van der Waals surface area contributed by atoms with Crippen LogP contribution in [0.3, 0.4) is 0 Å². The summed E-state index contributed by atoms with van der Waals surface area (Å²) in [6.45, 7) is 6.16. The van der Waals surface area contributed by atoms with Crippen molar-refractivity contribution in [2.45, 2.75) is 26.7 Å². The highest BCUT2D eigenvalue weighted by atomic mass is 79.9. The zero-order chi connectivity index (χ0) is 16.1. The van der Waals surface area contributed by atoms with Crippen LogP contribution in [0.2, 0.25) is 0 Å². The summed E-state index contributed by atoms with van der Waals surface area (Å²) in [5, 5.41) is 2.71. The molecule has 2 rings (SSSR count). The van der Waals surface area contributed by atoms with Crippen molar-refractivity contribution < 1.29 is 9.53 Å². The van der Waals surface area contributed by atoms with Gasteiger partial charge < -0.3 is 10.1 Å². The molecule has 116 valence electrons. The molecule has 1 heterocycles. The first-order chi connectivity index (χ1) is 10.5. The number of pyridine rings is 1. The average Bonchev–Trinajstić information content (AvgIpc) is 2.47. The van der Waals surface area contributed by atoms with Gasteiger partial charge in [-0.2, -0.15) is 0 Å². The van der Waals surface area contributed by atoms with Crippen molar-refractivity contribution in [2.24, 2.45) is 0 Å². The Bertz CT molecular complexity index is 654. The maximum absolute atomic E-state index is 11.9. The van der Waals surface area contributed by atoms with Crippen LogP contribution in [0.5, 0.6) is 5.75 Å². The Morgan fingerprint density at radius 1 is 1.32 bits per heavy atom. The zero-order valence-electron chi connectivity index (χ0n) is 12.9. The van der Waals surface area contributed by atoms with Crippen LogP contribution in [0.15, 0.2) is 41.0 Å². The number of hydrogen-bond donors (Lipinski definition) is 1. The number of benzene rings is 1. The molecule has 1 aromatic carbocycles. The number of hydrogen-bond acceptors (Lipinski definition) is 3. The molecule has 5 heteroatoms. The van der Waals surface area contributed by atoms with Gasteiger partial charge in [0.25, 0.3) is 5.91 Å². The van der Waals surface area contributed by atoms with Gasteiger partial charge in [-0.1, -0.05) is 26.0 Å². The van der Waals surface area contributed by atoms with Gasteiger partial charge in [0.15, 0.2) is 6.61 Å². The summed E-state index contributed by atoms with van der Waals surface area (Å²) in [5.41, 5.74) is 2.20. The highest BCUT2D eigenvalue weighted by Crippen LogP contribution is 2.27. The lowest BCUT2D eigenvalue weighted by atomic mass is 10.0. The first kappa shape index (κ1) is 16.5. The van der Waals surface area contributed by atoms with E-state index >= 15 is 0 Å². The van der Waals surface area contributed by atoms with Crippen molar-refractivity contribution in [1.29, 1.82) is 0 Å². The van der Waals surface area contributed by atoms with Crippen molar-refractivity contribution in [2.75, 3.05) is 11.9 Å². The molecule has 0 saturated carbocycles. The number of anilines is 1. The van der Waals surface area contributed by atoms with Gasteiger partial charge in [0.1, 0.15) is 11.6 Å². The minimum Gasteiger partial charge on any atom is -0.483 e. The summed E-state index contributed by atoms with van der Waals surface area (Å²) < 4.78 is 6.55. The van der Waals surface area contributed by atoms with E-state index < -0.39 is 0 Å². The number of rotatable bonds is 5. The van der Waals surface area contributed by atoms with E-state index in [1.54, 1.807) is 12.3 Å². The second-order valence-electron chi connectivity index (χ2n) is 5.39. The van der Waals surface area contributed by atoms with E-state index in [0.29, 0.717) is 11.7 Å². The van der Waals surface area contributed by atoms with E-state index in [1.165, 1.54) is 0 Å². The van der Waals surface area contributed by atoms with Crippen molar-refractivity contribution in [3.63, 3.8) is 0 Å². The summed E-state index contributed by atoms with van der Waals surface area (Å²) in [6, 6.07) is 9.60. The van der Waals surface area contributed by atoms with Gasteiger partial charge in [-0.15, -0.1) is 0 Å². The summed E-state index contributed by atoms with van der Waals surface area (Å²) in [7, 11) is 0. The molecule has 0 saturated heterocycles. The Morgan fingerprint density at radius 2 is 2.09 bits per heavy atom. The summed E-state index contributed by atoms with van der Waals surface area (Å²) in [5.74, 6) is 1.37. The molecule has 1 amide bonds. The largest absolute Gasteiger partial charge is 0.483 e. The fourth-order valence-electron chi connectivity index (χ4n) is 2.02. The highest BCUT2D eigenvalue weighted by molar-refractivity contribution is 9.10. The number of ether oxygens (including phenoxy) is 1. The lowest BCUT2D eigenvalue weighted by Gasteiger charge is -2.14. The van der Waals surface area contributed by atoms with Gasteiger partial charge in [-0.25, -0.2) is 4.98 Å². The molecule has 0 bridgehead atoms. The fraction of sp³-hybridized carbons (Fsp3) is 0.294. The maximum Gasteiger partial charge on any atom is 0.263 e. The van der Waals surface area contributed by atoms with E-state index in [1.807, 2.05) is 31.2 Å². The van der Waals surface area contributed by atoms with E-state index in [4.69, 9.17) is 4.74 Å². The molecule has 0 aliphatic carbocycles. The standard InChI is InChI=1S/C17H19BrN2O2/c1-11(2)14-6-4-12(3)8-15(14)22-10-17(21)20-16-7-5-13(18)9-19-16/h4-9,11H,10H2,1-3H3,(H,19,20,21). The molecule has 1 N–H and O–H groups in total. The summed E-state index contributed by atoms with van der Waals surface area (Å²) in [6.07, 6.45) is 1.63. The topological polar surface area (TPSA) is 51.2 Å². The molecule has 0 fully saturated rings. The molecule has 0 atom stereocenters. The molecule has 4 nitrogen and oxygen atoms in total. The summed E-state index contributed by atoms with van der Waals surface area (Å²) >= 11 is 3.30. The third-order valence-electron chi connectivity index (χ3n) is 3.14. The SMILES string of the molecule is Cc1ccc(C(C)C)c(OCC(=O)Nc2ccc(Br)cn2)c1. The van der Waals surface area contributed by atoms with Gasteiger partial charge in [0.05, 0.1) is 0 Å². The molecular weight excluding hydrogens is 344 g/mol. The number of nitrogens with zero attached hydrogens (tertiary/aromatic N) is 1. The Morgan fingerprint density at radius 3 is 2.73 bits per heavy atom. The molecule has 0 aliphatic rings. The quantitative estimate of drug-likeness (QED) is 0.862. The Hall–Kier alpha value is -1.88. The van der Waals surface area contributed by atoms with Gasteiger partial charge in [0, 0.05) is 10.7 Å². The van der Waals surface area contributed by atoms with Crippen LogP contribution in [0.1, 0.15) is 30.9 Å². The first-order valence-electron chi connectivity index (χ1n) is 7.10. The lowest BCUT2D eigenvalue weighted by Crippen LogP contribution is -2.21. The van der Waals surface area contributed by atoms with Gasteiger partial charge >= 0.3 is 0 Å². The van der Waals surface area contributed by atoms with Gasteiger partial charge in [-0.05, 0) is 58.1 Å². The van der Waals surface area contributed by atoms with Gasteiger partial charge in [-0.3, -0.25) is 4.79 Å². The number of halogens is 1. The molecule has 1 aromatic heterocycles. The van der Waals surface area contributed by atoms with Crippen molar-refractivity contribution >= 4 is 27.7 Å². The van der Waals surface area contributed by atoms with Crippen LogP contribution in [-0.2, 0) is 4.79 Å². The zero-order valence-corrected chi connectivity index (χ0v) is 14.5. The van der Waals surface area contributed by atoms with Crippen LogP contribution in [-0.4, -0.2) is 17.5 Å². The van der Waals surface area contributed by atoms with Crippen molar-refractivity contribution in [3.05, 3.63) is 52.1 Å². The fourth-order valence-corrected chi connectivity index (χ4v) is 2.25. The molecule has 0 radical (unpaired) electrons. The van der Waals surface area contributed by atoms with Crippen molar-refractivity contribution in [3.8, 4) is 5.75 Å². The second kappa shape index (κ2) is 7.40. The minimum atomic E-state index is -0.231. The number of aryl methyl sites for hydroxylation is 1. The third kappa shape index (κ3) is 4.56. The predicted octanol–water partition coefficient (Wildman–Crippen LogP) is 4.29. The number of nitrogens with one attached hydrogen (secondary N) is 1. The smallest absolute Gasteiger partial charge is 0.263 e. The molecule has 22 heavy (non-hydrogen) atoms. The molecule has 0 spiro atoms. The molecule has 2 aromatic rings. The van der Waals surface area contributed by atoms with E-state index in [-0.39, 0.29) is 12.5 Å². The second-order valence-corrected chi connectivity index (χ2v) is 6.31. The highest BCUT2D eigenvalue weighted by Gasteiger charge is 2.10. The lowest BCUT2D eigenvalue weighted by molar-refractivity contribution is -0.118. The van der Waals surface area contributed by atoms with Crippen LogP contribution in [0, 0.1) is 6.92 Å². The van der Waals surface area contributed by atoms with Crippen molar-refractivity contribution in [1.82, 2.24) is 4.98 Å². The first-order valence-corrected chi connectivity index (χ1v) is 7.90. The van der Waals surface area contributed by atoms with E-state index in [9.17, 15) is 4.79 Å². The normalized spacial score (nSPS) is 10.6. The predicted molar refractivity (Wildman–Crippen MR) is 91.3 cm³/mol. The van der Waals surface area contributed by atoms with E-state index in [0.717, 1.165) is 21.3 Å². The minimum absolute atomic E-state index is 0.0408. The molecule has 0 aliphatic heterocycles. The molecular formula is C17H19BrN2O2. The molecule has 0 unspecified atom stereocenters. The number of carbonyl (C=O) groups excluding carboxylic acids is 1. The average molecular weight is 363 g/mol. The summed E-state index contributed by atoms with van der Waals surface area (Å²) in [4.78, 5) is 16.0. The van der Waals surface area contributed by atoms with Crippen LogP contribution < -0.4 is 10.1 Å². The van der Waals surface area contributed by atoms with E-state index in [2.05, 4.69) is 40.1 Å².